The first-order valence-electron chi connectivity index (χ1n) is 5.72. The molecule has 0 bridgehead atoms. The van der Waals surface area contributed by atoms with E-state index in [-0.39, 0.29) is 0 Å². The van der Waals surface area contributed by atoms with Gasteiger partial charge in [-0.25, -0.2) is 16.5 Å². The van der Waals surface area contributed by atoms with Crippen LogP contribution in [0.15, 0.2) is 0 Å². The number of rotatable bonds is 12. The maximum atomic E-state index is 12.1. The highest BCUT2D eigenvalue weighted by Gasteiger charge is 2.29. The highest BCUT2D eigenvalue weighted by molar-refractivity contribution is 8.04. The third-order valence-electron chi connectivity index (χ3n) is 1.29. The summed E-state index contributed by atoms with van der Waals surface area (Å²) in [5.74, 6) is 2.31. The molecule has 0 saturated carbocycles. The number of phosphoric acid groups is 1. The molecule has 17 heavy (non-hydrogen) atoms. The van der Waals surface area contributed by atoms with E-state index in [9.17, 15) is 4.57 Å². The Labute approximate surface area is 118 Å². The summed E-state index contributed by atoms with van der Waals surface area (Å²) in [6, 6.07) is 0. The van der Waals surface area contributed by atoms with Crippen molar-refractivity contribution in [2.75, 3.05) is 17.3 Å². The zero-order valence-corrected chi connectivity index (χ0v) is 13.9. The van der Waals surface area contributed by atoms with Crippen LogP contribution in [0, 0.1) is 0 Å². The summed E-state index contributed by atoms with van der Waals surface area (Å²) in [5, 5.41) is 0. The van der Waals surface area contributed by atoms with E-state index in [2.05, 4.69) is 0 Å². The molecule has 0 aromatic carbocycles. The molecule has 0 aliphatic rings. The number of hydrogen-bond donors (Lipinski definition) is 0. The van der Waals surface area contributed by atoms with E-state index >= 15 is 0 Å². The van der Waals surface area contributed by atoms with Crippen LogP contribution in [0.5, 0.6) is 0 Å². The van der Waals surface area contributed by atoms with Crippen LogP contribution >= 0.6 is 44.0 Å². The lowest BCUT2D eigenvalue weighted by molar-refractivity contribution is 0.350. The Morgan fingerprint density at radius 3 is 1.29 bits per heavy atom. The van der Waals surface area contributed by atoms with Gasteiger partial charge >= 0.3 is 7.82 Å². The second kappa shape index (κ2) is 12.2. The molecule has 0 aliphatic carbocycles. The largest absolute Gasteiger partial charge is 0.508 e. The molecular formula is C9H21O4PS3. The van der Waals surface area contributed by atoms with Crippen molar-refractivity contribution in [2.45, 2.75) is 40.0 Å². The van der Waals surface area contributed by atoms with Crippen LogP contribution in [0.3, 0.4) is 0 Å². The summed E-state index contributed by atoms with van der Waals surface area (Å²) in [7, 11) is -3.42. The first-order chi connectivity index (χ1) is 8.18. The maximum absolute atomic E-state index is 12.1. The Balaban J connectivity index is 4.00. The molecule has 0 fully saturated rings. The first-order valence-corrected chi connectivity index (χ1v) is 9.91. The fourth-order valence-corrected chi connectivity index (χ4v) is 4.51. The van der Waals surface area contributed by atoms with Gasteiger partial charge in [0.15, 0.2) is 0 Å². The highest BCUT2D eigenvalue weighted by Crippen LogP contribution is 2.58. The molecule has 0 aromatic rings. The maximum Gasteiger partial charge on any atom is 0.508 e. The van der Waals surface area contributed by atoms with Crippen molar-refractivity contribution in [3.05, 3.63) is 0 Å². The SMILES string of the molecule is CCCSOP(=O)(OSCCC)OSCCC. The van der Waals surface area contributed by atoms with E-state index in [0.29, 0.717) is 0 Å². The van der Waals surface area contributed by atoms with E-state index in [0.717, 1.165) is 72.6 Å². The van der Waals surface area contributed by atoms with Gasteiger partial charge in [0.1, 0.15) is 0 Å². The lowest BCUT2D eigenvalue weighted by Gasteiger charge is -2.14. The lowest BCUT2D eigenvalue weighted by Crippen LogP contribution is -1.90. The molecule has 0 amide bonds. The summed E-state index contributed by atoms with van der Waals surface area (Å²) >= 11 is 3.41. The normalized spacial score (nSPS) is 11.9. The van der Waals surface area contributed by atoms with Crippen molar-refractivity contribution in [1.29, 1.82) is 0 Å². The summed E-state index contributed by atoms with van der Waals surface area (Å²) < 4.78 is 27.6. The Morgan fingerprint density at radius 1 is 0.765 bits per heavy atom. The molecule has 0 atom stereocenters. The summed E-state index contributed by atoms with van der Waals surface area (Å²) in [6.45, 7) is 6.09. The average Bonchev–Trinajstić information content (AvgIpc) is 2.30. The summed E-state index contributed by atoms with van der Waals surface area (Å²) in [6.07, 6.45) is 2.86. The predicted octanol–water partition coefficient (Wildman–Crippen LogP) is 5.32. The van der Waals surface area contributed by atoms with Crippen LogP contribution in [0.1, 0.15) is 40.0 Å². The van der Waals surface area contributed by atoms with E-state index in [4.69, 9.17) is 11.9 Å². The van der Waals surface area contributed by atoms with Crippen LogP contribution in [0.25, 0.3) is 0 Å². The minimum Gasteiger partial charge on any atom is -0.225 e. The molecule has 0 spiro atoms. The summed E-state index contributed by atoms with van der Waals surface area (Å²) in [4.78, 5) is 0. The van der Waals surface area contributed by atoms with Gasteiger partial charge < -0.3 is 0 Å². The van der Waals surface area contributed by atoms with E-state index in [1.54, 1.807) is 0 Å². The molecule has 0 heterocycles. The molecule has 0 saturated heterocycles. The molecule has 104 valence electrons. The second-order valence-electron chi connectivity index (χ2n) is 3.14. The second-order valence-corrected chi connectivity index (χ2v) is 7.75. The van der Waals surface area contributed by atoms with Crippen LogP contribution < -0.4 is 0 Å². The van der Waals surface area contributed by atoms with Crippen LogP contribution in [0.4, 0.5) is 0 Å². The molecule has 0 rings (SSSR count). The van der Waals surface area contributed by atoms with Gasteiger partial charge in [-0.3, -0.25) is 0 Å². The van der Waals surface area contributed by atoms with Gasteiger partial charge in [-0.2, -0.15) is 0 Å². The molecule has 8 heteroatoms. The standard InChI is InChI=1S/C9H21O4PS3/c1-4-7-15-11-14(10,12-16-8-5-2)13-17-9-6-3/h4-9H2,1-3H3. The zero-order valence-electron chi connectivity index (χ0n) is 10.5. The molecular weight excluding hydrogens is 299 g/mol. The number of hydrogen-bond acceptors (Lipinski definition) is 7. The molecule has 0 N–H and O–H groups in total. The van der Waals surface area contributed by atoms with E-state index in [1.807, 2.05) is 20.8 Å². The Hall–Kier alpha value is 1.16. The Kier molecular flexibility index (Phi) is 13.0. The quantitative estimate of drug-likeness (QED) is 0.274. The predicted molar refractivity (Wildman–Crippen MR) is 79.1 cm³/mol. The first kappa shape index (κ1) is 18.2. The average molecular weight is 320 g/mol. The Bertz CT molecular complexity index is 185. The lowest BCUT2D eigenvalue weighted by atomic mass is 10.6. The van der Waals surface area contributed by atoms with Gasteiger partial charge in [0.05, 0.1) is 0 Å². The van der Waals surface area contributed by atoms with Crippen molar-refractivity contribution >= 4 is 44.0 Å². The molecule has 0 aliphatic heterocycles. The zero-order chi connectivity index (χ0) is 13.0. The van der Waals surface area contributed by atoms with Crippen LogP contribution in [0.2, 0.25) is 0 Å². The van der Waals surface area contributed by atoms with Gasteiger partial charge in [-0.15, -0.1) is 0 Å². The van der Waals surface area contributed by atoms with Crippen molar-refractivity contribution in [3.63, 3.8) is 0 Å². The minimum absolute atomic E-state index is 0.771. The molecule has 0 aromatic heterocycles. The molecule has 4 nitrogen and oxygen atoms in total. The Morgan fingerprint density at radius 2 is 1.06 bits per heavy atom. The third-order valence-corrected chi connectivity index (χ3v) is 6.47. The smallest absolute Gasteiger partial charge is 0.225 e. The van der Waals surface area contributed by atoms with Gasteiger partial charge in [0.25, 0.3) is 0 Å². The van der Waals surface area contributed by atoms with Crippen LogP contribution in [-0.4, -0.2) is 17.3 Å². The topological polar surface area (TPSA) is 44.8 Å². The van der Waals surface area contributed by atoms with Crippen molar-refractivity contribution in [3.8, 4) is 0 Å². The van der Waals surface area contributed by atoms with Gasteiger partial charge in [0.2, 0.25) is 0 Å². The monoisotopic (exact) mass is 320 g/mol. The molecule has 0 unspecified atom stereocenters. The fraction of sp³-hybridized carbons (Fsp3) is 1.00. The minimum atomic E-state index is -3.42. The highest BCUT2D eigenvalue weighted by atomic mass is 32.2. The van der Waals surface area contributed by atoms with Crippen molar-refractivity contribution < 1.29 is 16.5 Å². The van der Waals surface area contributed by atoms with Gasteiger partial charge in [-0.05, 0) is 19.3 Å². The molecule has 0 radical (unpaired) electrons. The van der Waals surface area contributed by atoms with E-state index in [1.165, 1.54) is 0 Å². The third kappa shape index (κ3) is 10.7. The van der Waals surface area contributed by atoms with E-state index < -0.39 is 7.82 Å². The van der Waals surface area contributed by atoms with Crippen LogP contribution in [-0.2, 0) is 16.5 Å². The fourth-order valence-electron chi connectivity index (χ4n) is 0.593. The van der Waals surface area contributed by atoms with Crippen molar-refractivity contribution in [1.82, 2.24) is 0 Å². The summed E-state index contributed by atoms with van der Waals surface area (Å²) in [5.41, 5.74) is 0. The van der Waals surface area contributed by atoms with Gasteiger partial charge in [0, 0.05) is 53.4 Å². The van der Waals surface area contributed by atoms with Crippen molar-refractivity contribution in [2.24, 2.45) is 0 Å². The van der Waals surface area contributed by atoms with Gasteiger partial charge in [-0.1, -0.05) is 20.8 Å².